The van der Waals surface area contributed by atoms with Crippen LogP contribution in [-0.4, -0.2) is 53.9 Å². The number of hydrogen-bond acceptors (Lipinski definition) is 3. The first kappa shape index (κ1) is 22.2. The van der Waals surface area contributed by atoms with Gasteiger partial charge in [0.15, 0.2) is 0 Å². The molecule has 2 amide bonds. The molecule has 0 saturated heterocycles. The van der Waals surface area contributed by atoms with Crippen LogP contribution in [0.1, 0.15) is 59.2 Å². The molecule has 4 rings (SSSR count). The Balaban J connectivity index is 1.72. The Labute approximate surface area is 187 Å². The standard InChI is InChI=1S/C25H28F2N2O3/c1-28-15-6-7-16-29(25(31)23-18(26)10-8-11-19(23)27)20-12-3-5-14-22(20)32-21-13-4-2-9-17(21)24(28)30/h2,4,8-11,13,20,22H,3,5-7,12,14-16H2,1H3/t20-,22+/m1/s1. The van der Waals surface area contributed by atoms with Gasteiger partial charge in [-0.05, 0) is 56.4 Å². The average molecular weight is 443 g/mol. The number of halogens is 2. The molecule has 170 valence electrons. The molecule has 0 N–H and O–H groups in total. The van der Waals surface area contributed by atoms with E-state index in [-0.39, 0.29) is 18.1 Å². The van der Waals surface area contributed by atoms with Gasteiger partial charge >= 0.3 is 0 Å². The van der Waals surface area contributed by atoms with Crippen LogP contribution in [0.25, 0.3) is 0 Å². The maximum Gasteiger partial charge on any atom is 0.260 e. The van der Waals surface area contributed by atoms with Crippen LogP contribution in [0.3, 0.4) is 0 Å². The molecule has 0 radical (unpaired) electrons. The van der Waals surface area contributed by atoms with Gasteiger partial charge in [0, 0.05) is 20.1 Å². The molecule has 1 fully saturated rings. The number of ether oxygens (including phenoxy) is 1. The lowest BCUT2D eigenvalue weighted by Crippen LogP contribution is -2.51. The van der Waals surface area contributed by atoms with Crippen LogP contribution >= 0.6 is 0 Å². The van der Waals surface area contributed by atoms with Crippen LogP contribution < -0.4 is 4.74 Å². The lowest BCUT2D eigenvalue weighted by Gasteiger charge is -2.40. The first-order valence-electron chi connectivity index (χ1n) is 11.2. The number of para-hydroxylation sites is 1. The Kier molecular flexibility index (Phi) is 6.72. The molecule has 32 heavy (non-hydrogen) atoms. The minimum absolute atomic E-state index is 0.102. The summed E-state index contributed by atoms with van der Waals surface area (Å²) in [6.45, 7) is 0.859. The van der Waals surface area contributed by atoms with Crippen LogP contribution in [-0.2, 0) is 0 Å². The molecule has 0 aromatic heterocycles. The molecule has 2 aromatic rings. The van der Waals surface area contributed by atoms with Crippen molar-refractivity contribution in [1.29, 1.82) is 0 Å². The normalized spacial score (nSPS) is 22.2. The van der Waals surface area contributed by atoms with Gasteiger partial charge in [-0.3, -0.25) is 9.59 Å². The summed E-state index contributed by atoms with van der Waals surface area (Å²) in [4.78, 5) is 29.6. The van der Waals surface area contributed by atoms with Crippen LogP contribution in [0.15, 0.2) is 42.5 Å². The Morgan fingerprint density at radius 2 is 1.62 bits per heavy atom. The molecule has 2 atom stereocenters. The topological polar surface area (TPSA) is 49.9 Å². The van der Waals surface area contributed by atoms with Gasteiger partial charge in [-0.1, -0.05) is 24.6 Å². The van der Waals surface area contributed by atoms with Crippen molar-refractivity contribution in [3.63, 3.8) is 0 Å². The minimum atomic E-state index is -0.856. The number of rotatable bonds is 1. The summed E-state index contributed by atoms with van der Waals surface area (Å²) in [6, 6.07) is 10.3. The maximum absolute atomic E-state index is 14.5. The largest absolute Gasteiger partial charge is 0.487 e. The Morgan fingerprint density at radius 1 is 0.938 bits per heavy atom. The molecule has 7 heteroatoms. The van der Waals surface area contributed by atoms with Crippen molar-refractivity contribution in [3.05, 3.63) is 65.2 Å². The molecular weight excluding hydrogens is 414 g/mol. The van der Waals surface area contributed by atoms with E-state index in [2.05, 4.69) is 0 Å². The van der Waals surface area contributed by atoms with E-state index < -0.39 is 23.1 Å². The minimum Gasteiger partial charge on any atom is -0.487 e. The molecule has 0 unspecified atom stereocenters. The fraction of sp³-hybridized carbons (Fsp3) is 0.440. The molecule has 0 bridgehead atoms. The third-order valence-electron chi connectivity index (χ3n) is 6.39. The Bertz CT molecular complexity index is 977. The van der Waals surface area contributed by atoms with Crippen molar-refractivity contribution < 1.29 is 23.1 Å². The zero-order valence-electron chi connectivity index (χ0n) is 18.2. The number of hydrogen-bond donors (Lipinski definition) is 0. The highest BCUT2D eigenvalue weighted by Gasteiger charge is 2.37. The summed E-state index contributed by atoms with van der Waals surface area (Å²) in [6.07, 6.45) is 4.14. The zero-order chi connectivity index (χ0) is 22.7. The van der Waals surface area contributed by atoms with Crippen molar-refractivity contribution in [3.8, 4) is 5.75 Å². The van der Waals surface area contributed by atoms with E-state index in [1.54, 1.807) is 35.0 Å². The van der Waals surface area contributed by atoms with Crippen LogP contribution in [0.2, 0.25) is 0 Å². The molecule has 5 nitrogen and oxygen atoms in total. The smallest absolute Gasteiger partial charge is 0.260 e. The molecule has 1 aliphatic heterocycles. The van der Waals surface area contributed by atoms with E-state index in [1.807, 2.05) is 6.07 Å². The molecule has 2 aromatic carbocycles. The second-order valence-electron chi connectivity index (χ2n) is 8.53. The highest BCUT2D eigenvalue weighted by atomic mass is 19.1. The molecule has 1 aliphatic carbocycles. The molecule has 1 saturated carbocycles. The number of benzene rings is 2. The van der Waals surface area contributed by atoms with Gasteiger partial charge in [0.25, 0.3) is 11.8 Å². The summed E-state index contributed by atoms with van der Waals surface area (Å²) in [5.74, 6) is -1.98. The number of nitrogens with zero attached hydrogens (tertiary/aromatic N) is 2. The Morgan fingerprint density at radius 3 is 2.41 bits per heavy atom. The fourth-order valence-corrected chi connectivity index (χ4v) is 4.68. The van der Waals surface area contributed by atoms with Crippen LogP contribution in [0.5, 0.6) is 5.75 Å². The number of amides is 2. The fourth-order valence-electron chi connectivity index (χ4n) is 4.68. The summed E-state index contributed by atoms with van der Waals surface area (Å²) in [5, 5.41) is 0. The second kappa shape index (κ2) is 9.67. The van der Waals surface area contributed by atoms with E-state index >= 15 is 0 Å². The monoisotopic (exact) mass is 442 g/mol. The van der Waals surface area contributed by atoms with Crippen molar-refractivity contribution in [2.75, 3.05) is 20.1 Å². The highest BCUT2D eigenvalue weighted by Crippen LogP contribution is 2.31. The summed E-state index contributed by atoms with van der Waals surface area (Å²) in [7, 11) is 1.74. The van der Waals surface area contributed by atoms with Crippen LogP contribution in [0.4, 0.5) is 8.78 Å². The predicted molar refractivity (Wildman–Crippen MR) is 117 cm³/mol. The quantitative estimate of drug-likeness (QED) is 0.645. The van der Waals surface area contributed by atoms with Gasteiger partial charge in [0.2, 0.25) is 0 Å². The van der Waals surface area contributed by atoms with E-state index in [1.165, 1.54) is 6.07 Å². The van der Waals surface area contributed by atoms with Crippen molar-refractivity contribution in [1.82, 2.24) is 9.80 Å². The van der Waals surface area contributed by atoms with Crippen LogP contribution in [0, 0.1) is 11.6 Å². The first-order valence-corrected chi connectivity index (χ1v) is 11.2. The summed E-state index contributed by atoms with van der Waals surface area (Å²) >= 11 is 0. The average Bonchev–Trinajstić information content (AvgIpc) is 2.78. The zero-order valence-corrected chi connectivity index (χ0v) is 18.2. The Hall–Kier alpha value is -2.96. The first-order chi connectivity index (χ1) is 15.5. The van der Waals surface area contributed by atoms with E-state index in [0.29, 0.717) is 50.1 Å². The number of carbonyl (C=O) groups is 2. The van der Waals surface area contributed by atoms with E-state index in [4.69, 9.17) is 4.74 Å². The van der Waals surface area contributed by atoms with E-state index in [9.17, 15) is 18.4 Å². The highest BCUT2D eigenvalue weighted by molar-refractivity contribution is 5.97. The second-order valence-corrected chi connectivity index (χ2v) is 8.53. The van der Waals surface area contributed by atoms with Gasteiger partial charge in [-0.2, -0.15) is 0 Å². The van der Waals surface area contributed by atoms with Crippen molar-refractivity contribution in [2.24, 2.45) is 0 Å². The van der Waals surface area contributed by atoms with Crippen molar-refractivity contribution >= 4 is 11.8 Å². The maximum atomic E-state index is 14.5. The molecular formula is C25H28F2N2O3. The van der Waals surface area contributed by atoms with Gasteiger partial charge in [-0.15, -0.1) is 0 Å². The molecule has 2 aliphatic rings. The third kappa shape index (κ3) is 4.47. The predicted octanol–water partition coefficient (Wildman–Crippen LogP) is 4.66. The lowest BCUT2D eigenvalue weighted by molar-refractivity contribution is 0.0255. The summed E-state index contributed by atoms with van der Waals surface area (Å²) in [5.41, 5.74) is -0.0328. The molecule has 1 heterocycles. The SMILES string of the molecule is CN1CCCCN(C(=O)c2c(F)cccc2F)[C@@H]2CCCC[C@@H]2Oc2ccccc2C1=O. The number of fused-ring (bicyclic) bond motifs is 2. The number of carbonyl (C=O) groups excluding carboxylic acids is 2. The van der Waals surface area contributed by atoms with E-state index in [0.717, 1.165) is 25.0 Å². The van der Waals surface area contributed by atoms with Gasteiger partial charge in [0.1, 0.15) is 29.1 Å². The molecule has 0 spiro atoms. The van der Waals surface area contributed by atoms with Gasteiger partial charge < -0.3 is 14.5 Å². The summed E-state index contributed by atoms with van der Waals surface area (Å²) < 4.78 is 35.2. The van der Waals surface area contributed by atoms with Gasteiger partial charge in [0.05, 0.1) is 11.6 Å². The third-order valence-corrected chi connectivity index (χ3v) is 6.39. The lowest BCUT2D eigenvalue weighted by atomic mass is 9.90. The van der Waals surface area contributed by atoms with Crippen molar-refractivity contribution in [2.45, 2.75) is 50.7 Å². The van der Waals surface area contributed by atoms with Gasteiger partial charge in [-0.25, -0.2) is 8.78 Å².